The van der Waals surface area contributed by atoms with Gasteiger partial charge in [0.2, 0.25) is 0 Å². The summed E-state index contributed by atoms with van der Waals surface area (Å²) in [5, 5.41) is 31.1. The van der Waals surface area contributed by atoms with E-state index in [1.165, 1.54) is 27.1 Å². The lowest BCUT2D eigenvalue weighted by Gasteiger charge is -2.16. The molecule has 0 aliphatic rings. The molecule has 0 saturated carbocycles. The number of fused-ring (bicyclic) bond motifs is 12. The number of hydrogen-bond acceptors (Lipinski definition) is 2. The summed E-state index contributed by atoms with van der Waals surface area (Å²) in [6.07, 6.45) is 0. The van der Waals surface area contributed by atoms with Gasteiger partial charge in [0.15, 0.2) is 0 Å². The Morgan fingerprint density at radius 3 is 1.24 bits per heavy atom. The Kier molecular flexibility index (Phi) is 8.99. The predicted molar refractivity (Wildman–Crippen MR) is 304 cm³/mol. The third-order valence-electron chi connectivity index (χ3n) is 15.2. The van der Waals surface area contributed by atoms with Crippen molar-refractivity contribution in [1.82, 2.24) is 18.3 Å². The molecule has 6 nitrogen and oxygen atoms in total. The number of nitrogens with zero attached hydrogens (tertiary/aromatic N) is 6. The second-order valence-electron chi connectivity index (χ2n) is 19.1. The van der Waals surface area contributed by atoms with Crippen molar-refractivity contribution in [2.75, 3.05) is 0 Å². The average molecular weight is 941 g/mol. The van der Waals surface area contributed by atoms with E-state index in [9.17, 15) is 10.5 Å². The lowest BCUT2D eigenvalue weighted by Crippen LogP contribution is -2.04. The summed E-state index contributed by atoms with van der Waals surface area (Å²) in [5.41, 5.74) is 17.3. The van der Waals surface area contributed by atoms with Crippen molar-refractivity contribution in [1.29, 1.82) is 10.5 Å². The Balaban J connectivity index is 0.924. The highest BCUT2D eigenvalue weighted by molar-refractivity contribution is 6.18. The molecule has 0 atom stereocenters. The fourth-order valence-corrected chi connectivity index (χ4v) is 12.1. The minimum Gasteiger partial charge on any atom is -0.309 e. The normalized spacial score (nSPS) is 11.8. The standard InChI is InChI=1S/C68H40N6/c69-41-46-36-47(42-70)65(74-61-28-14-10-23-56(61)68-50(24-15-29-63(68)74)45-31-34-55-52-21-8-12-26-59(52)72(67(55)39-45)49-18-5-2-6-19-49)40-64(46)73-60-27-13-9-22-53(60)57-37-43(32-35-62(57)73)44-30-33-54-51-20-7-11-25-58(51)71(66(54)38-44)48-16-3-1-4-17-48/h1-40H. The molecule has 0 amide bonds. The minimum absolute atomic E-state index is 0.415. The zero-order valence-electron chi connectivity index (χ0n) is 39.8. The van der Waals surface area contributed by atoms with Crippen LogP contribution in [0.15, 0.2) is 243 Å². The lowest BCUT2D eigenvalue weighted by molar-refractivity contribution is 1.12. The molecule has 6 heteroatoms. The molecule has 15 aromatic rings. The van der Waals surface area contributed by atoms with Gasteiger partial charge in [-0.3, -0.25) is 0 Å². The SMILES string of the molecule is N#Cc1cc(C#N)c(-n2c3ccccc3c3c(-c4ccc5c6ccccc6n(-c6ccccc6)c5c4)cccc32)cc1-n1c2ccccc2c2cc(-c3ccc4c5ccccc5n(-c5ccccc5)c4c3)ccc21. The lowest BCUT2D eigenvalue weighted by atomic mass is 9.98. The van der Waals surface area contributed by atoms with Gasteiger partial charge in [-0.15, -0.1) is 0 Å². The maximum absolute atomic E-state index is 11.0. The fourth-order valence-electron chi connectivity index (χ4n) is 12.1. The second-order valence-corrected chi connectivity index (χ2v) is 19.1. The van der Waals surface area contributed by atoms with Crippen molar-refractivity contribution in [3.8, 4) is 57.1 Å². The van der Waals surface area contributed by atoms with E-state index in [2.05, 4.69) is 267 Å². The van der Waals surface area contributed by atoms with Crippen LogP contribution in [0, 0.1) is 22.7 Å². The summed E-state index contributed by atoms with van der Waals surface area (Å²) in [6, 6.07) is 90.8. The third kappa shape index (κ3) is 5.97. The van der Waals surface area contributed by atoms with Crippen molar-refractivity contribution in [3.63, 3.8) is 0 Å². The van der Waals surface area contributed by atoms with E-state index in [4.69, 9.17) is 0 Å². The maximum atomic E-state index is 11.0. The number of nitriles is 2. The molecule has 0 aliphatic carbocycles. The molecular formula is C68H40N6. The zero-order chi connectivity index (χ0) is 49.0. The van der Waals surface area contributed by atoms with Gasteiger partial charge in [0.25, 0.3) is 0 Å². The Hall–Kier alpha value is -10.4. The quantitative estimate of drug-likeness (QED) is 0.167. The molecule has 4 heterocycles. The predicted octanol–water partition coefficient (Wildman–Crippen LogP) is 17.2. The zero-order valence-corrected chi connectivity index (χ0v) is 39.8. The Morgan fingerprint density at radius 1 is 0.257 bits per heavy atom. The van der Waals surface area contributed by atoms with Gasteiger partial charge in [-0.25, -0.2) is 0 Å². The van der Waals surface area contributed by atoms with Gasteiger partial charge in [-0.1, -0.05) is 152 Å². The van der Waals surface area contributed by atoms with Gasteiger partial charge >= 0.3 is 0 Å². The van der Waals surface area contributed by atoms with Gasteiger partial charge in [-0.2, -0.15) is 10.5 Å². The average Bonchev–Trinajstić information content (AvgIpc) is 4.20. The molecule has 15 rings (SSSR count). The van der Waals surface area contributed by atoms with Gasteiger partial charge in [0.1, 0.15) is 12.1 Å². The summed E-state index contributed by atoms with van der Waals surface area (Å²) < 4.78 is 9.13. The molecule has 0 spiro atoms. The van der Waals surface area contributed by atoms with E-state index in [0.717, 1.165) is 93.8 Å². The third-order valence-corrected chi connectivity index (χ3v) is 15.2. The van der Waals surface area contributed by atoms with Crippen LogP contribution in [0.5, 0.6) is 0 Å². The monoisotopic (exact) mass is 940 g/mol. The smallest absolute Gasteiger partial charge is 0.101 e. The van der Waals surface area contributed by atoms with Crippen molar-refractivity contribution in [2.45, 2.75) is 0 Å². The van der Waals surface area contributed by atoms with E-state index < -0.39 is 0 Å². The molecule has 11 aromatic carbocycles. The van der Waals surface area contributed by atoms with Crippen LogP contribution in [0.4, 0.5) is 0 Å². The summed E-state index contributed by atoms with van der Waals surface area (Å²) in [4.78, 5) is 0. The summed E-state index contributed by atoms with van der Waals surface area (Å²) in [7, 11) is 0. The van der Waals surface area contributed by atoms with Crippen LogP contribution in [-0.2, 0) is 0 Å². The second kappa shape index (κ2) is 16.1. The Labute approximate surface area is 424 Å². The molecule has 74 heavy (non-hydrogen) atoms. The van der Waals surface area contributed by atoms with E-state index >= 15 is 0 Å². The van der Waals surface area contributed by atoms with Crippen LogP contribution in [-0.4, -0.2) is 18.3 Å². The Bertz CT molecular complexity index is 4920. The van der Waals surface area contributed by atoms with Crippen LogP contribution in [0.2, 0.25) is 0 Å². The number of para-hydroxylation sites is 6. The van der Waals surface area contributed by atoms with E-state index in [1.807, 2.05) is 0 Å². The highest BCUT2D eigenvalue weighted by Crippen LogP contribution is 2.44. The summed E-state index contributed by atoms with van der Waals surface area (Å²) >= 11 is 0. The molecule has 0 saturated heterocycles. The highest BCUT2D eigenvalue weighted by Gasteiger charge is 2.24. The van der Waals surface area contributed by atoms with Crippen LogP contribution in [0.1, 0.15) is 11.1 Å². The van der Waals surface area contributed by atoms with Crippen molar-refractivity contribution < 1.29 is 0 Å². The number of rotatable bonds is 6. The molecular weight excluding hydrogens is 901 g/mol. The molecule has 0 bridgehead atoms. The van der Waals surface area contributed by atoms with E-state index in [0.29, 0.717) is 22.5 Å². The molecule has 0 N–H and O–H groups in total. The minimum atomic E-state index is 0.415. The molecule has 0 radical (unpaired) electrons. The fraction of sp³-hybridized carbons (Fsp3) is 0. The van der Waals surface area contributed by atoms with Crippen LogP contribution in [0.25, 0.3) is 132 Å². The van der Waals surface area contributed by atoms with Gasteiger partial charge in [0, 0.05) is 54.5 Å². The largest absolute Gasteiger partial charge is 0.309 e. The van der Waals surface area contributed by atoms with Crippen LogP contribution in [0.3, 0.4) is 0 Å². The van der Waals surface area contributed by atoms with Gasteiger partial charge in [-0.05, 0) is 113 Å². The van der Waals surface area contributed by atoms with Crippen LogP contribution < -0.4 is 0 Å². The van der Waals surface area contributed by atoms with E-state index in [1.54, 1.807) is 6.07 Å². The highest BCUT2D eigenvalue weighted by atomic mass is 15.0. The van der Waals surface area contributed by atoms with Gasteiger partial charge in [0.05, 0.1) is 66.6 Å². The first-order chi connectivity index (χ1) is 36.6. The molecule has 0 aliphatic heterocycles. The summed E-state index contributed by atoms with van der Waals surface area (Å²) in [5.74, 6) is 0. The van der Waals surface area contributed by atoms with Crippen LogP contribution >= 0.6 is 0 Å². The molecule has 0 unspecified atom stereocenters. The number of hydrogen-bond donors (Lipinski definition) is 0. The van der Waals surface area contributed by atoms with E-state index in [-0.39, 0.29) is 0 Å². The Morgan fingerprint density at radius 2 is 0.662 bits per heavy atom. The maximum Gasteiger partial charge on any atom is 0.101 e. The number of aromatic nitrogens is 4. The molecule has 0 fully saturated rings. The van der Waals surface area contributed by atoms with Crippen molar-refractivity contribution in [3.05, 3.63) is 254 Å². The first kappa shape index (κ1) is 41.4. The molecule has 342 valence electrons. The summed E-state index contributed by atoms with van der Waals surface area (Å²) in [6.45, 7) is 0. The first-order valence-electron chi connectivity index (χ1n) is 24.9. The van der Waals surface area contributed by atoms with Crippen molar-refractivity contribution in [2.24, 2.45) is 0 Å². The van der Waals surface area contributed by atoms with Crippen molar-refractivity contribution >= 4 is 87.2 Å². The topological polar surface area (TPSA) is 67.3 Å². The first-order valence-corrected chi connectivity index (χ1v) is 24.9. The number of benzene rings is 11. The molecule has 4 aromatic heterocycles. The van der Waals surface area contributed by atoms with Gasteiger partial charge < -0.3 is 18.3 Å².